The van der Waals surface area contributed by atoms with Crippen molar-refractivity contribution >= 4 is 0 Å². The van der Waals surface area contributed by atoms with Gasteiger partial charge in [-0.15, -0.1) is 0 Å². The number of aromatic nitrogens is 1. The summed E-state index contributed by atoms with van der Waals surface area (Å²) < 4.78 is 19.5. The topological polar surface area (TPSA) is 34.1 Å². The maximum atomic E-state index is 14.1. The third-order valence-corrected chi connectivity index (χ3v) is 2.69. The second-order valence-corrected chi connectivity index (χ2v) is 4.95. The highest BCUT2D eigenvalue weighted by atomic mass is 19.1. The minimum atomic E-state index is -0.353. The number of hydrogen-bond donors (Lipinski definition) is 1. The molecule has 1 aromatic rings. The van der Waals surface area contributed by atoms with Crippen LogP contribution in [0.5, 0.6) is 5.88 Å². The quantitative estimate of drug-likeness (QED) is 0.811. The predicted octanol–water partition coefficient (Wildman–Crippen LogP) is 3.14. The van der Waals surface area contributed by atoms with Crippen LogP contribution in [0.3, 0.4) is 0 Å². The molecule has 1 rings (SSSR count). The van der Waals surface area contributed by atoms with Crippen molar-refractivity contribution in [3.8, 4) is 5.88 Å². The van der Waals surface area contributed by atoms with Gasteiger partial charge in [-0.1, -0.05) is 20.8 Å². The van der Waals surface area contributed by atoms with E-state index in [0.717, 1.165) is 13.0 Å². The normalized spacial score (nSPS) is 12.8. The van der Waals surface area contributed by atoms with Crippen LogP contribution >= 0.6 is 0 Å². The van der Waals surface area contributed by atoms with Crippen molar-refractivity contribution < 1.29 is 9.13 Å². The van der Waals surface area contributed by atoms with Crippen LogP contribution in [0.25, 0.3) is 0 Å². The van der Waals surface area contributed by atoms with Crippen molar-refractivity contribution in [3.63, 3.8) is 0 Å². The summed E-state index contributed by atoms with van der Waals surface area (Å²) in [5.41, 5.74) is 0.601. The fourth-order valence-corrected chi connectivity index (χ4v) is 1.45. The summed E-state index contributed by atoms with van der Waals surface area (Å²) in [5, 5.41) is 3.21. The predicted molar refractivity (Wildman–Crippen MR) is 71.1 cm³/mol. The number of pyridine rings is 1. The largest absolute Gasteiger partial charge is 0.473 e. The van der Waals surface area contributed by atoms with Crippen LogP contribution in [0.2, 0.25) is 0 Å². The van der Waals surface area contributed by atoms with Crippen LogP contribution in [0, 0.1) is 11.7 Å². The lowest BCUT2D eigenvalue weighted by Gasteiger charge is -2.14. The van der Waals surface area contributed by atoms with Crippen LogP contribution in [0.4, 0.5) is 4.39 Å². The standard InChI is InChI=1S/C14H23FN2O/c1-5-11(4)18-14-13(15)12(6-7-17-14)9-16-8-10(2)3/h6-7,10-11,16H,5,8-9H2,1-4H3. The number of rotatable bonds is 7. The lowest BCUT2D eigenvalue weighted by molar-refractivity contribution is 0.197. The Labute approximate surface area is 109 Å². The van der Waals surface area contributed by atoms with Gasteiger partial charge >= 0.3 is 0 Å². The molecule has 0 bridgehead atoms. The van der Waals surface area contributed by atoms with E-state index in [9.17, 15) is 4.39 Å². The molecule has 1 aromatic heterocycles. The molecule has 0 radical (unpaired) electrons. The Kier molecular flexibility index (Phi) is 6.05. The van der Waals surface area contributed by atoms with Crippen molar-refractivity contribution in [2.75, 3.05) is 6.54 Å². The summed E-state index contributed by atoms with van der Waals surface area (Å²) in [4.78, 5) is 3.95. The van der Waals surface area contributed by atoms with Gasteiger partial charge < -0.3 is 10.1 Å². The van der Waals surface area contributed by atoms with Gasteiger partial charge in [-0.05, 0) is 31.9 Å². The summed E-state index contributed by atoms with van der Waals surface area (Å²) >= 11 is 0. The molecule has 0 saturated heterocycles. The Morgan fingerprint density at radius 1 is 1.39 bits per heavy atom. The Balaban J connectivity index is 2.66. The number of nitrogens with one attached hydrogen (secondary N) is 1. The third-order valence-electron chi connectivity index (χ3n) is 2.69. The smallest absolute Gasteiger partial charge is 0.250 e. The first-order valence-corrected chi connectivity index (χ1v) is 6.55. The summed E-state index contributed by atoms with van der Waals surface area (Å²) in [7, 11) is 0. The average Bonchev–Trinajstić information content (AvgIpc) is 2.33. The van der Waals surface area contributed by atoms with E-state index in [1.165, 1.54) is 0 Å². The van der Waals surface area contributed by atoms with Crippen LogP contribution in [0.1, 0.15) is 39.7 Å². The van der Waals surface area contributed by atoms with E-state index >= 15 is 0 Å². The van der Waals surface area contributed by atoms with E-state index in [1.54, 1.807) is 12.3 Å². The van der Waals surface area contributed by atoms with Crippen molar-refractivity contribution in [1.82, 2.24) is 10.3 Å². The molecule has 1 atom stereocenters. The molecule has 0 aliphatic rings. The van der Waals surface area contributed by atoms with E-state index in [-0.39, 0.29) is 17.8 Å². The van der Waals surface area contributed by atoms with E-state index in [0.29, 0.717) is 18.0 Å². The molecular weight excluding hydrogens is 231 g/mol. The molecule has 0 amide bonds. The number of halogens is 1. The van der Waals surface area contributed by atoms with E-state index in [2.05, 4.69) is 24.1 Å². The first-order valence-electron chi connectivity index (χ1n) is 6.55. The van der Waals surface area contributed by atoms with Gasteiger partial charge in [0.15, 0.2) is 5.82 Å². The lowest BCUT2D eigenvalue weighted by Crippen LogP contribution is -2.20. The van der Waals surface area contributed by atoms with Crippen molar-refractivity contribution in [3.05, 3.63) is 23.6 Å². The maximum Gasteiger partial charge on any atom is 0.250 e. The first kappa shape index (κ1) is 14.9. The van der Waals surface area contributed by atoms with Crippen LogP contribution < -0.4 is 10.1 Å². The fourth-order valence-electron chi connectivity index (χ4n) is 1.45. The van der Waals surface area contributed by atoms with Crippen LogP contribution in [-0.4, -0.2) is 17.6 Å². The molecule has 0 aliphatic heterocycles. The second kappa shape index (κ2) is 7.31. The molecule has 3 nitrogen and oxygen atoms in total. The zero-order chi connectivity index (χ0) is 13.5. The minimum Gasteiger partial charge on any atom is -0.473 e. The van der Waals surface area contributed by atoms with E-state index < -0.39 is 0 Å². The van der Waals surface area contributed by atoms with Gasteiger partial charge in [0.2, 0.25) is 0 Å². The Morgan fingerprint density at radius 2 is 2.11 bits per heavy atom. The summed E-state index contributed by atoms with van der Waals surface area (Å²) in [5.74, 6) is 0.299. The molecule has 0 aliphatic carbocycles. The number of ether oxygens (including phenoxy) is 1. The van der Waals surface area contributed by atoms with Gasteiger partial charge in [0.1, 0.15) is 0 Å². The molecule has 0 fully saturated rings. The zero-order valence-electron chi connectivity index (χ0n) is 11.7. The van der Waals surface area contributed by atoms with Crippen molar-refractivity contribution in [2.45, 2.75) is 46.8 Å². The molecule has 0 saturated carbocycles. The van der Waals surface area contributed by atoms with Crippen molar-refractivity contribution in [1.29, 1.82) is 0 Å². The molecule has 0 aromatic carbocycles. The zero-order valence-corrected chi connectivity index (χ0v) is 11.7. The van der Waals surface area contributed by atoms with Crippen molar-refractivity contribution in [2.24, 2.45) is 5.92 Å². The SMILES string of the molecule is CCC(C)Oc1nccc(CNCC(C)C)c1F. The molecule has 0 spiro atoms. The van der Waals surface area contributed by atoms with Gasteiger partial charge in [0.25, 0.3) is 5.88 Å². The highest BCUT2D eigenvalue weighted by Crippen LogP contribution is 2.19. The van der Waals surface area contributed by atoms with E-state index in [4.69, 9.17) is 4.74 Å². The average molecular weight is 254 g/mol. The third kappa shape index (κ3) is 4.61. The van der Waals surface area contributed by atoms with Gasteiger partial charge in [-0.2, -0.15) is 0 Å². The minimum absolute atomic E-state index is 0.0223. The van der Waals surface area contributed by atoms with Gasteiger partial charge in [-0.3, -0.25) is 0 Å². The van der Waals surface area contributed by atoms with Crippen LogP contribution in [-0.2, 0) is 6.54 Å². The highest BCUT2D eigenvalue weighted by Gasteiger charge is 2.12. The molecule has 1 unspecified atom stereocenters. The monoisotopic (exact) mass is 254 g/mol. The number of hydrogen-bond acceptors (Lipinski definition) is 3. The molecule has 4 heteroatoms. The summed E-state index contributed by atoms with van der Waals surface area (Å²) in [6.07, 6.45) is 2.40. The number of nitrogens with zero attached hydrogens (tertiary/aromatic N) is 1. The van der Waals surface area contributed by atoms with Gasteiger partial charge in [-0.25, -0.2) is 9.37 Å². The molecule has 102 valence electrons. The lowest BCUT2D eigenvalue weighted by atomic mass is 10.2. The Hall–Kier alpha value is -1.16. The molecule has 1 N–H and O–H groups in total. The van der Waals surface area contributed by atoms with Gasteiger partial charge in [0, 0.05) is 18.3 Å². The van der Waals surface area contributed by atoms with Crippen LogP contribution in [0.15, 0.2) is 12.3 Å². The maximum absolute atomic E-state index is 14.1. The first-order chi connectivity index (χ1) is 8.54. The second-order valence-electron chi connectivity index (χ2n) is 4.95. The fraction of sp³-hybridized carbons (Fsp3) is 0.643. The Bertz CT molecular complexity index is 369. The Morgan fingerprint density at radius 3 is 2.72 bits per heavy atom. The van der Waals surface area contributed by atoms with Gasteiger partial charge in [0.05, 0.1) is 6.10 Å². The molecular formula is C14H23FN2O. The summed E-state index contributed by atoms with van der Waals surface area (Å²) in [6.45, 7) is 9.51. The van der Waals surface area contributed by atoms with E-state index in [1.807, 2.05) is 13.8 Å². The molecule has 18 heavy (non-hydrogen) atoms. The molecule has 1 heterocycles. The summed E-state index contributed by atoms with van der Waals surface area (Å²) in [6, 6.07) is 1.69. The highest BCUT2D eigenvalue weighted by molar-refractivity contribution is 5.23.